The molecule has 0 amide bonds. The summed E-state index contributed by atoms with van der Waals surface area (Å²) in [6, 6.07) is 3.27. The summed E-state index contributed by atoms with van der Waals surface area (Å²) in [5.74, 6) is 0. The molecule has 23 heavy (non-hydrogen) atoms. The molecule has 0 spiro atoms. The molecule has 0 atom stereocenters. The van der Waals surface area contributed by atoms with Gasteiger partial charge in [-0.2, -0.15) is 18.2 Å². The monoisotopic (exact) mass is 320 g/mol. The van der Waals surface area contributed by atoms with Gasteiger partial charge < -0.3 is 0 Å². The van der Waals surface area contributed by atoms with Crippen LogP contribution in [0.3, 0.4) is 0 Å². The van der Waals surface area contributed by atoms with E-state index in [-0.39, 0.29) is 11.2 Å². The fourth-order valence-corrected chi connectivity index (χ4v) is 2.39. The van der Waals surface area contributed by atoms with Crippen molar-refractivity contribution in [2.24, 2.45) is 0 Å². The lowest BCUT2D eigenvalue weighted by molar-refractivity contribution is -0.137. The van der Waals surface area contributed by atoms with Gasteiger partial charge in [0.25, 0.3) is 0 Å². The minimum atomic E-state index is -4.50. The highest BCUT2D eigenvalue weighted by molar-refractivity contribution is 5.83. The molecule has 3 aromatic rings. The van der Waals surface area contributed by atoms with Crippen molar-refractivity contribution in [3.8, 4) is 5.69 Å². The zero-order valence-corrected chi connectivity index (χ0v) is 12.0. The van der Waals surface area contributed by atoms with Gasteiger partial charge in [-0.3, -0.25) is 4.57 Å². The molecule has 1 aromatic carbocycles. The topological polar surface area (TPSA) is 60.7 Å². The third kappa shape index (κ3) is 2.67. The molecule has 3 rings (SSSR count). The highest BCUT2D eigenvalue weighted by Gasteiger charge is 2.31. The zero-order valence-electron chi connectivity index (χ0n) is 12.0. The lowest BCUT2D eigenvalue weighted by Gasteiger charge is -2.14. The molecule has 0 N–H and O–H groups in total. The number of alkyl halides is 3. The molecular weight excluding hydrogens is 309 g/mol. The van der Waals surface area contributed by atoms with Crippen LogP contribution in [-0.4, -0.2) is 19.5 Å². The molecular formula is C15H11F3N4O. The molecule has 0 aliphatic rings. The summed E-state index contributed by atoms with van der Waals surface area (Å²) in [5, 5.41) is 0.490. The lowest BCUT2D eigenvalue weighted by atomic mass is 10.1. The number of hydrogen-bond acceptors (Lipinski definition) is 4. The highest BCUT2D eigenvalue weighted by atomic mass is 19.4. The standard InChI is InChI=1S/C15H11F3N4O/c1-2-12-11-4-3-9(15(16,17)18)5-13(11)22(14(23)21-12)10-6-19-8-20-7-10/h3-8H,2H2,1H3. The van der Waals surface area contributed by atoms with E-state index >= 15 is 0 Å². The first-order chi connectivity index (χ1) is 10.9. The Bertz CT molecular complexity index is 920. The van der Waals surface area contributed by atoms with Crippen LogP contribution < -0.4 is 5.69 Å². The number of hydrogen-bond donors (Lipinski definition) is 0. The first-order valence-corrected chi connectivity index (χ1v) is 6.80. The first kappa shape index (κ1) is 15.1. The van der Waals surface area contributed by atoms with E-state index in [1.807, 2.05) is 0 Å². The molecule has 8 heteroatoms. The van der Waals surface area contributed by atoms with Crippen molar-refractivity contribution < 1.29 is 13.2 Å². The van der Waals surface area contributed by atoms with Gasteiger partial charge in [0.2, 0.25) is 0 Å². The Morgan fingerprint density at radius 1 is 1.17 bits per heavy atom. The molecule has 0 saturated carbocycles. The molecule has 5 nitrogen and oxygen atoms in total. The van der Waals surface area contributed by atoms with Crippen molar-refractivity contribution in [1.29, 1.82) is 0 Å². The van der Waals surface area contributed by atoms with Gasteiger partial charge in [0.15, 0.2) is 0 Å². The van der Waals surface area contributed by atoms with Gasteiger partial charge in [0.05, 0.1) is 34.9 Å². The van der Waals surface area contributed by atoms with Crippen LogP contribution in [-0.2, 0) is 12.6 Å². The van der Waals surface area contributed by atoms with Gasteiger partial charge in [-0.05, 0) is 18.6 Å². The van der Waals surface area contributed by atoms with Crippen molar-refractivity contribution in [3.05, 3.63) is 58.7 Å². The second-order valence-electron chi connectivity index (χ2n) is 4.86. The summed E-state index contributed by atoms with van der Waals surface area (Å²) in [5.41, 5.74) is -0.651. The van der Waals surface area contributed by atoms with E-state index in [4.69, 9.17) is 0 Å². The number of aryl methyl sites for hydroxylation is 1. The van der Waals surface area contributed by atoms with Crippen LogP contribution in [0, 0.1) is 0 Å². The predicted octanol–water partition coefficient (Wildman–Crippen LogP) is 2.76. The summed E-state index contributed by atoms with van der Waals surface area (Å²) in [4.78, 5) is 23.9. The smallest absolute Gasteiger partial charge is 0.257 e. The maximum absolute atomic E-state index is 13.0. The molecule has 0 fully saturated rings. The predicted molar refractivity (Wildman–Crippen MR) is 77.3 cm³/mol. The summed E-state index contributed by atoms with van der Waals surface area (Å²) in [6.45, 7) is 1.79. The maximum Gasteiger partial charge on any atom is 0.416 e. The molecule has 0 unspecified atom stereocenters. The van der Waals surface area contributed by atoms with E-state index in [1.165, 1.54) is 24.8 Å². The first-order valence-electron chi connectivity index (χ1n) is 6.80. The SMILES string of the molecule is CCc1nc(=O)n(-c2cncnc2)c2cc(C(F)(F)F)ccc12. The Kier molecular flexibility index (Phi) is 3.59. The maximum atomic E-state index is 13.0. The van der Waals surface area contributed by atoms with Crippen LogP contribution in [0.4, 0.5) is 13.2 Å². The van der Waals surface area contributed by atoms with Crippen LogP contribution >= 0.6 is 0 Å². The fourth-order valence-electron chi connectivity index (χ4n) is 2.39. The van der Waals surface area contributed by atoms with Crippen molar-refractivity contribution >= 4 is 10.9 Å². The van der Waals surface area contributed by atoms with Crippen molar-refractivity contribution in [1.82, 2.24) is 19.5 Å². The van der Waals surface area contributed by atoms with E-state index in [2.05, 4.69) is 15.0 Å². The van der Waals surface area contributed by atoms with Crippen molar-refractivity contribution in [2.45, 2.75) is 19.5 Å². The van der Waals surface area contributed by atoms with Gasteiger partial charge in [0.1, 0.15) is 6.33 Å². The van der Waals surface area contributed by atoms with Crippen LogP contribution in [0.2, 0.25) is 0 Å². The van der Waals surface area contributed by atoms with E-state index in [9.17, 15) is 18.0 Å². The van der Waals surface area contributed by atoms with E-state index in [1.54, 1.807) is 6.92 Å². The van der Waals surface area contributed by atoms with Crippen LogP contribution in [0.5, 0.6) is 0 Å². The molecule has 0 saturated heterocycles. The number of aromatic nitrogens is 4. The summed E-state index contributed by atoms with van der Waals surface area (Å²) in [6.07, 6.45) is -0.102. The Balaban J connectivity index is 2.43. The van der Waals surface area contributed by atoms with Crippen LogP contribution in [0.25, 0.3) is 16.6 Å². The molecule has 0 aliphatic heterocycles. The third-order valence-corrected chi connectivity index (χ3v) is 3.44. The Morgan fingerprint density at radius 3 is 2.48 bits per heavy atom. The number of fused-ring (bicyclic) bond motifs is 1. The molecule has 2 heterocycles. The molecule has 118 valence electrons. The third-order valence-electron chi connectivity index (χ3n) is 3.44. The second kappa shape index (κ2) is 5.45. The summed E-state index contributed by atoms with van der Waals surface area (Å²) in [7, 11) is 0. The van der Waals surface area contributed by atoms with Crippen LogP contribution in [0.1, 0.15) is 18.2 Å². The molecule has 0 bridgehead atoms. The summed E-state index contributed by atoms with van der Waals surface area (Å²) >= 11 is 0. The van der Waals surface area contributed by atoms with Gasteiger partial charge in [-0.15, -0.1) is 0 Å². The quantitative estimate of drug-likeness (QED) is 0.728. The Labute approximate surface area is 128 Å². The number of nitrogens with zero attached hydrogens (tertiary/aromatic N) is 4. The van der Waals surface area contributed by atoms with Gasteiger partial charge in [0, 0.05) is 5.39 Å². The number of halogens is 3. The average Bonchev–Trinajstić information content (AvgIpc) is 2.53. The summed E-state index contributed by atoms with van der Waals surface area (Å²) < 4.78 is 40.1. The van der Waals surface area contributed by atoms with Gasteiger partial charge in [-0.25, -0.2) is 14.8 Å². The minimum Gasteiger partial charge on any atom is -0.257 e. The van der Waals surface area contributed by atoms with Crippen LogP contribution in [0.15, 0.2) is 41.7 Å². The van der Waals surface area contributed by atoms with E-state index < -0.39 is 17.4 Å². The van der Waals surface area contributed by atoms with E-state index in [0.717, 1.165) is 16.7 Å². The largest absolute Gasteiger partial charge is 0.416 e. The van der Waals surface area contributed by atoms with Gasteiger partial charge >= 0.3 is 11.9 Å². The van der Waals surface area contributed by atoms with Crippen molar-refractivity contribution in [2.75, 3.05) is 0 Å². The van der Waals surface area contributed by atoms with Crippen molar-refractivity contribution in [3.63, 3.8) is 0 Å². The Morgan fingerprint density at radius 2 is 1.87 bits per heavy atom. The van der Waals surface area contributed by atoms with E-state index in [0.29, 0.717) is 17.5 Å². The highest BCUT2D eigenvalue weighted by Crippen LogP contribution is 2.32. The fraction of sp³-hybridized carbons (Fsp3) is 0.200. The second-order valence-corrected chi connectivity index (χ2v) is 4.86. The molecule has 0 aliphatic carbocycles. The molecule has 0 radical (unpaired) electrons. The average molecular weight is 320 g/mol. The number of rotatable bonds is 2. The number of benzene rings is 1. The normalized spacial score (nSPS) is 11.8. The Hall–Kier alpha value is -2.77. The lowest BCUT2D eigenvalue weighted by Crippen LogP contribution is -2.24. The minimum absolute atomic E-state index is 0.131. The molecule has 2 aromatic heterocycles. The zero-order chi connectivity index (χ0) is 16.6. The van der Waals surface area contributed by atoms with Gasteiger partial charge in [-0.1, -0.05) is 13.0 Å².